The van der Waals surface area contributed by atoms with Crippen LogP contribution in [0.5, 0.6) is 5.75 Å². The summed E-state index contributed by atoms with van der Waals surface area (Å²) in [5.41, 5.74) is 3.88. The summed E-state index contributed by atoms with van der Waals surface area (Å²) in [6, 6.07) is 18.8. The molecule has 4 amide bonds. The van der Waals surface area contributed by atoms with E-state index in [-0.39, 0.29) is 49.6 Å². The molecule has 0 radical (unpaired) electrons. The molecule has 1 aliphatic rings. The number of guanidine groups is 1. The van der Waals surface area contributed by atoms with Gasteiger partial charge in [-0.25, -0.2) is 13.1 Å². The first-order valence-corrected chi connectivity index (χ1v) is 25.6. The van der Waals surface area contributed by atoms with Crippen molar-refractivity contribution in [2.75, 3.05) is 6.54 Å². The summed E-state index contributed by atoms with van der Waals surface area (Å²) in [7, 11) is -4.23. The number of aliphatic hydroxyl groups excluding tert-OH is 1. The lowest BCUT2D eigenvalue weighted by molar-refractivity contribution is -0.140. The molecule has 18 heteroatoms. The number of nitrogens with zero attached hydrogens (tertiary/aromatic N) is 1. The van der Waals surface area contributed by atoms with E-state index in [0.717, 1.165) is 16.7 Å². The summed E-state index contributed by atoms with van der Waals surface area (Å²) >= 11 is 0. The number of fused-ring (bicyclic) bond motifs is 1. The largest absolute Gasteiger partial charge is 0.487 e. The smallest absolute Gasteiger partial charge is 0.264 e. The number of hydrogen-bond acceptors (Lipinski definition) is 11. The van der Waals surface area contributed by atoms with E-state index in [1.165, 1.54) is 0 Å². The molecule has 2 heterocycles. The molecule has 1 aromatic heterocycles. The third kappa shape index (κ3) is 16.3. The van der Waals surface area contributed by atoms with Gasteiger partial charge in [-0.3, -0.25) is 29.6 Å². The number of nitrogens with one attached hydrogen (secondary N) is 7. The van der Waals surface area contributed by atoms with Gasteiger partial charge in [-0.2, -0.15) is 0 Å². The Morgan fingerprint density at radius 3 is 2.07 bits per heavy atom. The number of aliphatic hydroxyl groups is 1. The molecular weight excluding hydrogens is 925 g/mol. The van der Waals surface area contributed by atoms with Crippen molar-refractivity contribution in [1.82, 2.24) is 36.3 Å². The number of hydrogen-bond donors (Lipinski definition) is 8. The minimum absolute atomic E-state index is 0.00226. The Kier molecular flexibility index (Phi) is 19.3. The zero-order chi connectivity index (χ0) is 52.1. The number of benzene rings is 3. The zero-order valence-electron chi connectivity index (χ0n) is 42.4. The van der Waals surface area contributed by atoms with Crippen LogP contribution in [-0.4, -0.2) is 96.2 Å². The van der Waals surface area contributed by atoms with Crippen molar-refractivity contribution in [2.45, 2.75) is 160 Å². The molecular formula is C53H72N8O9S. The Morgan fingerprint density at radius 2 is 1.45 bits per heavy atom. The summed E-state index contributed by atoms with van der Waals surface area (Å²) in [5.74, 6) is -2.37. The van der Waals surface area contributed by atoms with E-state index in [0.29, 0.717) is 47.3 Å². The minimum Gasteiger partial charge on any atom is -0.487 e. The van der Waals surface area contributed by atoms with Crippen molar-refractivity contribution < 1.29 is 42.2 Å². The second-order valence-corrected chi connectivity index (χ2v) is 21.4. The molecule has 0 saturated carbocycles. The van der Waals surface area contributed by atoms with Crippen LogP contribution >= 0.6 is 0 Å². The summed E-state index contributed by atoms with van der Waals surface area (Å²) < 4.78 is 42.4. The highest BCUT2D eigenvalue weighted by atomic mass is 32.2. The van der Waals surface area contributed by atoms with Gasteiger partial charge >= 0.3 is 0 Å². The lowest BCUT2D eigenvalue weighted by Gasteiger charge is -2.33. The van der Waals surface area contributed by atoms with E-state index in [2.05, 4.69) is 36.3 Å². The van der Waals surface area contributed by atoms with Gasteiger partial charge in [-0.15, -0.1) is 0 Å². The molecule has 4 aromatic rings. The third-order valence-corrected chi connectivity index (χ3v) is 13.9. The Balaban J connectivity index is 1.32. The maximum atomic E-state index is 14.5. The average Bonchev–Trinajstić information content (AvgIpc) is 3.66. The zero-order valence-corrected chi connectivity index (χ0v) is 43.2. The van der Waals surface area contributed by atoms with Crippen molar-refractivity contribution >= 4 is 39.6 Å². The van der Waals surface area contributed by atoms with Crippen LogP contribution < -0.4 is 36.0 Å². The molecule has 17 nitrogen and oxygen atoms in total. The van der Waals surface area contributed by atoms with Crippen LogP contribution in [0.1, 0.15) is 106 Å². The van der Waals surface area contributed by atoms with Gasteiger partial charge in [0.05, 0.1) is 22.6 Å². The second-order valence-electron chi connectivity index (χ2n) is 19.8. The number of carbonyl (C=O) groups excluding carboxylic acids is 4. The van der Waals surface area contributed by atoms with Crippen LogP contribution in [0.4, 0.5) is 0 Å². The Hall–Kier alpha value is -6.37. The summed E-state index contributed by atoms with van der Waals surface area (Å²) in [6.07, 6.45) is 2.26. The molecule has 0 bridgehead atoms. The number of rotatable bonds is 23. The standard InChI is InChI=1S/C53H72N8O9S/c1-33-34(2)47(35(3)40-30-53(8,9)70-46(33)40)71(67,68)61-51(54)56-29-17-23-41(45(63)50(66)57-32-39-22-16-28-55-31-39)59-49(65)44(36(4)69-52(5,6)7)60-48(64)42(26-24-37-18-12-10-13-19-37)58-43(62)27-25-38-20-14-11-15-21-38/h10-16,18-22,28,31,36,41-42,44-45,63H,17,23-27,29-30,32H2,1-9H3,(H,57,66)(H,58,62)(H,59,65)(H,60,64)(H3,54,56,61)/t36-,41+,42+,44-,45?/m1/s1. The number of ether oxygens (including phenoxy) is 2. The molecule has 5 rings (SSSR count). The van der Waals surface area contributed by atoms with Crippen LogP contribution in [0.2, 0.25) is 0 Å². The Bertz CT molecular complexity index is 2590. The number of carbonyl (C=O) groups is 4. The Morgan fingerprint density at radius 1 is 0.817 bits per heavy atom. The molecule has 0 spiro atoms. The van der Waals surface area contributed by atoms with Gasteiger partial charge in [0.1, 0.15) is 23.4 Å². The van der Waals surface area contributed by atoms with E-state index in [1.54, 1.807) is 66.1 Å². The fourth-order valence-electron chi connectivity index (χ4n) is 8.63. The molecule has 0 fully saturated rings. The quantitative estimate of drug-likeness (QED) is 0.0282. The van der Waals surface area contributed by atoms with Crippen LogP contribution in [0.25, 0.3) is 0 Å². The van der Waals surface area contributed by atoms with Crippen LogP contribution in [0, 0.1) is 26.2 Å². The van der Waals surface area contributed by atoms with Crippen molar-refractivity contribution in [1.29, 1.82) is 5.41 Å². The molecule has 0 aliphatic carbocycles. The lowest BCUT2D eigenvalue weighted by Crippen LogP contribution is -2.61. The van der Waals surface area contributed by atoms with Gasteiger partial charge in [-0.1, -0.05) is 66.7 Å². The molecule has 3 aromatic carbocycles. The first-order chi connectivity index (χ1) is 33.4. The summed E-state index contributed by atoms with van der Waals surface area (Å²) in [4.78, 5) is 60.0. The van der Waals surface area contributed by atoms with Gasteiger partial charge in [-0.05, 0) is 134 Å². The first kappa shape index (κ1) is 55.6. The summed E-state index contributed by atoms with van der Waals surface area (Å²) in [6.45, 7) is 16.2. The average molecular weight is 997 g/mol. The predicted molar refractivity (Wildman–Crippen MR) is 272 cm³/mol. The molecule has 0 saturated heterocycles. The lowest BCUT2D eigenvalue weighted by atomic mass is 9.94. The van der Waals surface area contributed by atoms with E-state index >= 15 is 0 Å². The molecule has 1 aliphatic heterocycles. The van der Waals surface area contributed by atoms with Crippen molar-refractivity contribution in [2.24, 2.45) is 0 Å². The van der Waals surface area contributed by atoms with Gasteiger partial charge in [0.15, 0.2) is 6.10 Å². The maximum Gasteiger partial charge on any atom is 0.264 e. The van der Waals surface area contributed by atoms with Crippen molar-refractivity contribution in [3.63, 3.8) is 0 Å². The topological polar surface area (TPSA) is 250 Å². The SMILES string of the molecule is Cc1c(C)c(S(=O)(=O)NC(=N)NCCC[C@H](NC(=O)[C@H](NC(=O)[C@H](CCc2ccccc2)NC(=O)CCc2ccccc2)[C@@H](C)OC(C)(C)C)C(O)C(=O)NCc2cccnc2)c(C)c2c1OC(C)(C)C2. The van der Waals surface area contributed by atoms with Crippen molar-refractivity contribution in [3.8, 4) is 5.75 Å². The highest BCUT2D eigenvalue weighted by Crippen LogP contribution is 2.43. The van der Waals surface area contributed by atoms with E-state index < -0.39 is 75.2 Å². The number of amides is 4. The third-order valence-electron chi connectivity index (χ3n) is 12.2. The Labute approximate surface area is 418 Å². The fourth-order valence-corrected chi connectivity index (χ4v) is 10.2. The first-order valence-electron chi connectivity index (χ1n) is 24.1. The van der Waals surface area contributed by atoms with E-state index in [1.807, 2.05) is 81.4 Å². The van der Waals surface area contributed by atoms with Crippen LogP contribution in [-0.2, 0) is 59.7 Å². The van der Waals surface area contributed by atoms with E-state index in [9.17, 15) is 32.7 Å². The molecule has 8 N–H and O–H groups in total. The van der Waals surface area contributed by atoms with Crippen LogP contribution in [0.3, 0.4) is 0 Å². The number of aryl methyl sites for hydroxylation is 2. The maximum absolute atomic E-state index is 14.5. The number of aromatic nitrogens is 1. The van der Waals surface area contributed by atoms with Gasteiger partial charge in [0.2, 0.25) is 23.7 Å². The molecule has 1 unspecified atom stereocenters. The fraction of sp³-hybridized carbons (Fsp3) is 0.472. The number of pyridine rings is 1. The molecule has 384 valence electrons. The highest BCUT2D eigenvalue weighted by Gasteiger charge is 2.38. The molecule has 5 atom stereocenters. The van der Waals surface area contributed by atoms with Gasteiger partial charge in [0.25, 0.3) is 15.9 Å². The predicted octanol–water partition coefficient (Wildman–Crippen LogP) is 4.90. The van der Waals surface area contributed by atoms with E-state index in [4.69, 9.17) is 14.9 Å². The van der Waals surface area contributed by atoms with Gasteiger partial charge in [0, 0.05) is 43.9 Å². The second kappa shape index (κ2) is 24.6. The van der Waals surface area contributed by atoms with Crippen molar-refractivity contribution in [3.05, 3.63) is 124 Å². The summed E-state index contributed by atoms with van der Waals surface area (Å²) in [5, 5.41) is 34.1. The van der Waals surface area contributed by atoms with Crippen LogP contribution in [0.15, 0.2) is 90.1 Å². The minimum atomic E-state index is -4.23. The highest BCUT2D eigenvalue weighted by molar-refractivity contribution is 7.90. The van der Waals surface area contributed by atoms with Gasteiger partial charge < -0.3 is 41.2 Å². The normalized spacial score (nSPS) is 15.1. The number of sulfonamides is 1. The molecule has 71 heavy (non-hydrogen) atoms. The monoisotopic (exact) mass is 997 g/mol.